The van der Waals surface area contributed by atoms with E-state index in [0.717, 1.165) is 19.4 Å². The summed E-state index contributed by atoms with van der Waals surface area (Å²) in [6.45, 7) is 1.58. The first-order chi connectivity index (χ1) is 11.5. The van der Waals surface area contributed by atoms with E-state index in [2.05, 4.69) is 10.6 Å². The molecule has 7 nitrogen and oxygen atoms in total. The van der Waals surface area contributed by atoms with E-state index in [4.69, 9.17) is 9.47 Å². The molecule has 0 aromatic heterocycles. The molecule has 1 aromatic rings. The Bertz CT molecular complexity index is 616. The summed E-state index contributed by atoms with van der Waals surface area (Å²) in [5.74, 6) is 0.495. The third-order valence-electron chi connectivity index (χ3n) is 4.09. The Kier molecular flexibility index (Phi) is 7.99. The number of carbonyl (C=O) groups excluding carboxylic acids is 2. The molecule has 0 radical (unpaired) electrons. The molecule has 8 heteroatoms. The average molecular weight is 372 g/mol. The zero-order valence-electron chi connectivity index (χ0n) is 15.0. The van der Waals surface area contributed by atoms with Crippen LogP contribution in [0.25, 0.3) is 0 Å². The highest BCUT2D eigenvalue weighted by molar-refractivity contribution is 6.05. The largest absolute Gasteiger partial charge is 0.493 e. The highest BCUT2D eigenvalue weighted by atomic mass is 35.5. The molecular weight excluding hydrogens is 346 g/mol. The van der Waals surface area contributed by atoms with Crippen molar-refractivity contribution in [3.8, 4) is 11.5 Å². The van der Waals surface area contributed by atoms with Gasteiger partial charge in [0.15, 0.2) is 11.5 Å². The smallest absolute Gasteiger partial charge is 0.255 e. The molecule has 1 aliphatic heterocycles. The molecule has 1 aromatic carbocycles. The van der Waals surface area contributed by atoms with Crippen LogP contribution in [-0.2, 0) is 4.79 Å². The van der Waals surface area contributed by atoms with Crippen LogP contribution in [0.5, 0.6) is 11.5 Å². The van der Waals surface area contributed by atoms with E-state index < -0.39 is 0 Å². The Morgan fingerprint density at radius 1 is 1.20 bits per heavy atom. The molecule has 1 aliphatic rings. The molecule has 25 heavy (non-hydrogen) atoms. The van der Waals surface area contributed by atoms with E-state index in [1.165, 1.54) is 19.1 Å². The van der Waals surface area contributed by atoms with Crippen molar-refractivity contribution in [3.05, 3.63) is 17.7 Å². The molecule has 2 amide bonds. The summed E-state index contributed by atoms with van der Waals surface area (Å²) >= 11 is 0. The van der Waals surface area contributed by atoms with Gasteiger partial charge < -0.3 is 25.0 Å². The van der Waals surface area contributed by atoms with Crippen LogP contribution >= 0.6 is 12.4 Å². The first-order valence-electron chi connectivity index (χ1n) is 7.97. The van der Waals surface area contributed by atoms with Crippen LogP contribution in [0, 0.1) is 5.92 Å². The van der Waals surface area contributed by atoms with Gasteiger partial charge in [-0.3, -0.25) is 9.59 Å². The fourth-order valence-corrected chi connectivity index (χ4v) is 2.71. The maximum Gasteiger partial charge on any atom is 0.255 e. The van der Waals surface area contributed by atoms with Gasteiger partial charge in [0.05, 0.1) is 31.4 Å². The average Bonchev–Trinajstić information content (AvgIpc) is 2.61. The van der Waals surface area contributed by atoms with Crippen molar-refractivity contribution >= 4 is 29.9 Å². The number of hydrogen-bond acceptors (Lipinski definition) is 5. The lowest BCUT2D eigenvalue weighted by Crippen LogP contribution is -2.37. The predicted molar refractivity (Wildman–Crippen MR) is 99.0 cm³/mol. The Morgan fingerprint density at radius 2 is 1.84 bits per heavy atom. The van der Waals surface area contributed by atoms with Gasteiger partial charge in [-0.05, 0) is 25.5 Å². The number of piperidine rings is 1. The van der Waals surface area contributed by atoms with Crippen LogP contribution in [0.1, 0.15) is 23.2 Å². The van der Waals surface area contributed by atoms with Crippen molar-refractivity contribution in [2.75, 3.05) is 46.7 Å². The Labute approximate surface area is 154 Å². The van der Waals surface area contributed by atoms with Gasteiger partial charge in [0.1, 0.15) is 0 Å². The number of halogens is 1. The van der Waals surface area contributed by atoms with Crippen molar-refractivity contribution in [3.63, 3.8) is 0 Å². The second kappa shape index (κ2) is 9.48. The summed E-state index contributed by atoms with van der Waals surface area (Å²) in [7, 11) is 6.35. The van der Waals surface area contributed by atoms with Crippen LogP contribution < -0.4 is 20.1 Å². The summed E-state index contributed by atoms with van der Waals surface area (Å²) < 4.78 is 10.6. The van der Waals surface area contributed by atoms with Crippen LogP contribution in [0.4, 0.5) is 5.69 Å². The highest BCUT2D eigenvalue weighted by Gasteiger charge is 2.24. The Morgan fingerprint density at radius 3 is 2.36 bits per heavy atom. The van der Waals surface area contributed by atoms with Gasteiger partial charge in [-0.25, -0.2) is 0 Å². The molecule has 0 saturated carbocycles. The minimum absolute atomic E-state index is 0. The van der Waals surface area contributed by atoms with E-state index >= 15 is 0 Å². The Hall–Kier alpha value is -1.99. The summed E-state index contributed by atoms with van der Waals surface area (Å²) in [4.78, 5) is 26.4. The molecule has 0 aliphatic carbocycles. The van der Waals surface area contributed by atoms with E-state index in [1.54, 1.807) is 26.2 Å². The number of benzene rings is 1. The summed E-state index contributed by atoms with van der Waals surface area (Å²) in [6.07, 6.45) is 1.80. The van der Waals surface area contributed by atoms with Crippen molar-refractivity contribution in [1.29, 1.82) is 0 Å². The van der Waals surface area contributed by atoms with Crippen LogP contribution in [0.15, 0.2) is 12.1 Å². The molecule has 1 atom stereocenters. The third-order valence-corrected chi connectivity index (χ3v) is 4.09. The lowest BCUT2D eigenvalue weighted by molar-refractivity contribution is -0.120. The first-order valence-corrected chi connectivity index (χ1v) is 7.97. The number of methoxy groups -OCH3 is 2. The lowest BCUT2D eigenvalue weighted by atomic mass is 9.98. The van der Waals surface area contributed by atoms with Crippen LogP contribution in [0.3, 0.4) is 0 Å². The topological polar surface area (TPSA) is 79.9 Å². The molecule has 0 bridgehead atoms. The molecule has 1 fully saturated rings. The number of ether oxygens (including phenoxy) is 2. The van der Waals surface area contributed by atoms with Crippen molar-refractivity contribution in [2.45, 2.75) is 12.8 Å². The monoisotopic (exact) mass is 371 g/mol. The van der Waals surface area contributed by atoms with E-state index in [-0.39, 0.29) is 30.1 Å². The summed E-state index contributed by atoms with van der Waals surface area (Å²) in [6, 6.07) is 3.22. The molecule has 1 heterocycles. The molecule has 140 valence electrons. The van der Waals surface area contributed by atoms with Crippen molar-refractivity contribution < 1.29 is 19.1 Å². The second-order valence-corrected chi connectivity index (χ2v) is 5.98. The minimum atomic E-state index is -0.215. The molecule has 1 unspecified atom stereocenters. The van der Waals surface area contributed by atoms with E-state index in [1.807, 2.05) is 0 Å². The Balaban J connectivity index is 0.00000312. The van der Waals surface area contributed by atoms with Gasteiger partial charge in [0.25, 0.3) is 5.91 Å². The number of nitrogens with one attached hydrogen (secondary N) is 2. The maximum atomic E-state index is 12.5. The standard InChI is InChI=1S/C17H25N3O4.ClH/c1-20(2)17(22)12-8-14(23-3)15(24-4)9-13(12)19-16(21)11-6-5-7-18-10-11;/h8-9,11,18H,5-7,10H2,1-4H3,(H,19,21);1H. The van der Waals surface area contributed by atoms with Crippen molar-refractivity contribution in [1.82, 2.24) is 10.2 Å². The first kappa shape index (κ1) is 21.1. The normalized spacial score (nSPS) is 16.4. The molecule has 0 spiro atoms. The lowest BCUT2D eigenvalue weighted by Gasteiger charge is -2.23. The van der Waals surface area contributed by atoms with Gasteiger partial charge >= 0.3 is 0 Å². The van der Waals surface area contributed by atoms with Crippen molar-refractivity contribution in [2.24, 2.45) is 5.92 Å². The molecule has 2 rings (SSSR count). The highest BCUT2D eigenvalue weighted by Crippen LogP contribution is 2.34. The molecule has 1 saturated heterocycles. The van der Waals surface area contributed by atoms with Gasteiger partial charge in [0, 0.05) is 26.7 Å². The number of carbonyl (C=O) groups is 2. The second-order valence-electron chi connectivity index (χ2n) is 5.98. The maximum absolute atomic E-state index is 12.5. The summed E-state index contributed by atoms with van der Waals surface area (Å²) in [5, 5.41) is 6.10. The fourth-order valence-electron chi connectivity index (χ4n) is 2.71. The van der Waals surface area contributed by atoms with Gasteiger partial charge in [-0.2, -0.15) is 0 Å². The quantitative estimate of drug-likeness (QED) is 0.824. The number of amides is 2. The fraction of sp³-hybridized carbons (Fsp3) is 0.529. The van der Waals surface area contributed by atoms with Gasteiger partial charge in [0.2, 0.25) is 5.91 Å². The van der Waals surface area contributed by atoms with E-state index in [0.29, 0.717) is 29.3 Å². The zero-order valence-corrected chi connectivity index (χ0v) is 15.9. The van der Waals surface area contributed by atoms with E-state index in [9.17, 15) is 9.59 Å². The van der Waals surface area contributed by atoms with Crippen LogP contribution in [0.2, 0.25) is 0 Å². The number of rotatable bonds is 5. The summed E-state index contributed by atoms with van der Waals surface area (Å²) in [5.41, 5.74) is 0.802. The van der Waals surface area contributed by atoms with Crippen LogP contribution in [-0.4, -0.2) is 58.1 Å². The number of anilines is 1. The number of hydrogen-bond donors (Lipinski definition) is 2. The molecule has 2 N–H and O–H groups in total. The minimum Gasteiger partial charge on any atom is -0.493 e. The SMILES string of the molecule is COc1cc(NC(=O)C2CCCNC2)c(C(=O)N(C)C)cc1OC.Cl. The predicted octanol–water partition coefficient (Wildman–Crippen LogP) is 1.77. The third kappa shape index (κ3) is 4.99. The molecular formula is C17H26ClN3O4. The zero-order chi connectivity index (χ0) is 17.7. The van der Waals surface area contributed by atoms with Gasteiger partial charge in [-0.15, -0.1) is 12.4 Å². The van der Waals surface area contributed by atoms with Gasteiger partial charge in [-0.1, -0.05) is 0 Å². The number of nitrogens with zero attached hydrogens (tertiary/aromatic N) is 1.